The average Bonchev–Trinajstić information content (AvgIpc) is 2.62. The third-order valence-electron chi connectivity index (χ3n) is 2.04. The van der Waals surface area contributed by atoms with Gasteiger partial charge in [0.15, 0.2) is 0 Å². The Morgan fingerprint density at radius 1 is 1.50 bits per heavy atom. The highest BCUT2D eigenvalue weighted by Crippen LogP contribution is 2.30. The van der Waals surface area contributed by atoms with Crippen LogP contribution in [0.5, 0.6) is 0 Å². The number of fused-ring (bicyclic) bond motifs is 1. The number of carbonyl (C=O) groups excluding carboxylic acids is 1. The Morgan fingerprint density at radius 3 is 2.94 bits per heavy atom. The fourth-order valence-corrected chi connectivity index (χ4v) is 2.81. The summed E-state index contributed by atoms with van der Waals surface area (Å²) < 4.78 is 19.4. The number of thiophene rings is 1. The first kappa shape index (κ1) is 11.5. The molecule has 0 aliphatic rings. The van der Waals surface area contributed by atoms with E-state index in [2.05, 4.69) is 15.9 Å². The molecule has 2 nitrogen and oxygen atoms in total. The minimum atomic E-state index is -0.361. The van der Waals surface area contributed by atoms with Crippen molar-refractivity contribution in [2.75, 3.05) is 6.61 Å². The van der Waals surface area contributed by atoms with Crippen LogP contribution in [-0.4, -0.2) is 12.6 Å². The molecular formula is C11H8BrFO2S. The first-order chi connectivity index (χ1) is 7.61. The number of ether oxygens (including phenoxy) is 1. The fourth-order valence-electron chi connectivity index (χ4n) is 1.34. The number of carbonyl (C=O) groups is 1. The molecule has 0 aliphatic carbocycles. The minimum absolute atomic E-state index is 0.333. The third kappa shape index (κ3) is 2.10. The van der Waals surface area contributed by atoms with E-state index in [1.54, 1.807) is 19.1 Å². The van der Waals surface area contributed by atoms with Crippen molar-refractivity contribution < 1.29 is 13.9 Å². The normalized spacial score (nSPS) is 10.7. The number of halogens is 2. The molecule has 0 spiro atoms. The highest BCUT2D eigenvalue weighted by Gasteiger charge is 2.12. The molecule has 0 saturated heterocycles. The zero-order valence-corrected chi connectivity index (χ0v) is 10.8. The van der Waals surface area contributed by atoms with E-state index in [9.17, 15) is 9.18 Å². The summed E-state index contributed by atoms with van der Waals surface area (Å²) in [6, 6.07) is 4.71. The number of benzene rings is 1. The maximum Gasteiger partial charge on any atom is 0.348 e. The van der Waals surface area contributed by atoms with E-state index >= 15 is 0 Å². The standard InChI is InChI=1S/C11H8BrFO2S/c1-2-15-11(14)10-4-6-3-8(13)7(12)5-9(6)16-10/h3-5H,2H2,1H3. The Balaban J connectivity index is 2.48. The predicted octanol–water partition coefficient (Wildman–Crippen LogP) is 3.98. The average molecular weight is 303 g/mol. The molecule has 0 aliphatic heterocycles. The van der Waals surface area contributed by atoms with Crippen molar-refractivity contribution in [2.24, 2.45) is 0 Å². The summed E-state index contributed by atoms with van der Waals surface area (Å²) >= 11 is 4.41. The second-order valence-electron chi connectivity index (χ2n) is 3.14. The fraction of sp³-hybridized carbons (Fsp3) is 0.182. The molecule has 84 valence electrons. The van der Waals surface area contributed by atoms with Gasteiger partial charge in [0, 0.05) is 4.70 Å². The predicted molar refractivity (Wildman–Crippen MR) is 65.4 cm³/mol. The van der Waals surface area contributed by atoms with Crippen molar-refractivity contribution in [2.45, 2.75) is 6.92 Å². The molecule has 0 saturated carbocycles. The zero-order valence-electron chi connectivity index (χ0n) is 8.42. The Kier molecular flexibility index (Phi) is 3.25. The lowest BCUT2D eigenvalue weighted by Gasteiger charge is -1.95. The number of esters is 1. The largest absolute Gasteiger partial charge is 0.462 e. The van der Waals surface area contributed by atoms with Crippen LogP contribution in [0.15, 0.2) is 22.7 Å². The molecule has 0 N–H and O–H groups in total. The van der Waals surface area contributed by atoms with Gasteiger partial charge in [-0.25, -0.2) is 9.18 Å². The lowest BCUT2D eigenvalue weighted by molar-refractivity contribution is 0.0532. The van der Waals surface area contributed by atoms with Crippen LogP contribution >= 0.6 is 27.3 Å². The summed E-state index contributed by atoms with van der Waals surface area (Å²) in [6.45, 7) is 2.09. The second-order valence-corrected chi connectivity index (χ2v) is 5.07. The van der Waals surface area contributed by atoms with Crippen LogP contribution in [0.3, 0.4) is 0 Å². The van der Waals surface area contributed by atoms with E-state index < -0.39 is 0 Å². The van der Waals surface area contributed by atoms with Gasteiger partial charge in [0.25, 0.3) is 0 Å². The molecule has 1 heterocycles. The maximum absolute atomic E-state index is 13.2. The molecule has 16 heavy (non-hydrogen) atoms. The highest BCUT2D eigenvalue weighted by molar-refractivity contribution is 9.10. The first-order valence-corrected chi connectivity index (χ1v) is 6.28. The quantitative estimate of drug-likeness (QED) is 0.784. The van der Waals surface area contributed by atoms with Gasteiger partial charge in [-0.1, -0.05) is 0 Å². The van der Waals surface area contributed by atoms with Crippen LogP contribution in [0, 0.1) is 5.82 Å². The van der Waals surface area contributed by atoms with Gasteiger partial charge in [0.05, 0.1) is 11.1 Å². The minimum Gasteiger partial charge on any atom is -0.462 e. The van der Waals surface area contributed by atoms with Crippen LogP contribution in [0.4, 0.5) is 4.39 Å². The van der Waals surface area contributed by atoms with Gasteiger partial charge >= 0.3 is 5.97 Å². The number of rotatable bonds is 2. The van der Waals surface area contributed by atoms with E-state index in [0.29, 0.717) is 21.3 Å². The third-order valence-corrected chi connectivity index (χ3v) is 3.72. The highest BCUT2D eigenvalue weighted by atomic mass is 79.9. The van der Waals surface area contributed by atoms with Crippen LogP contribution < -0.4 is 0 Å². The Morgan fingerprint density at radius 2 is 2.25 bits per heavy atom. The lowest BCUT2D eigenvalue weighted by atomic mass is 10.2. The van der Waals surface area contributed by atoms with Crippen molar-refractivity contribution in [1.29, 1.82) is 0 Å². The molecule has 1 aromatic heterocycles. The van der Waals surface area contributed by atoms with E-state index in [0.717, 1.165) is 4.70 Å². The molecular weight excluding hydrogens is 295 g/mol. The van der Waals surface area contributed by atoms with E-state index in [4.69, 9.17) is 4.74 Å². The smallest absolute Gasteiger partial charge is 0.348 e. The molecule has 2 aromatic rings. The van der Waals surface area contributed by atoms with Gasteiger partial charge < -0.3 is 4.74 Å². The van der Waals surface area contributed by atoms with Gasteiger partial charge in [0.2, 0.25) is 0 Å². The van der Waals surface area contributed by atoms with Gasteiger partial charge in [-0.15, -0.1) is 11.3 Å². The summed E-state index contributed by atoms with van der Waals surface area (Å²) in [7, 11) is 0. The van der Waals surface area contributed by atoms with Crippen molar-refractivity contribution in [3.05, 3.63) is 33.4 Å². The van der Waals surface area contributed by atoms with Crippen molar-refractivity contribution in [3.8, 4) is 0 Å². The van der Waals surface area contributed by atoms with Gasteiger partial charge in [0.1, 0.15) is 10.7 Å². The van der Waals surface area contributed by atoms with Crippen molar-refractivity contribution >= 4 is 43.3 Å². The molecule has 0 fully saturated rings. The molecule has 0 bridgehead atoms. The molecule has 0 unspecified atom stereocenters. The second kappa shape index (κ2) is 4.51. The van der Waals surface area contributed by atoms with Crippen molar-refractivity contribution in [1.82, 2.24) is 0 Å². The SMILES string of the molecule is CCOC(=O)c1cc2cc(F)c(Br)cc2s1. The summed E-state index contributed by atoms with van der Waals surface area (Å²) in [5.41, 5.74) is 0. The molecule has 0 amide bonds. The van der Waals surface area contributed by atoms with Crippen LogP contribution in [-0.2, 0) is 4.74 Å². The molecule has 5 heteroatoms. The Bertz CT molecular complexity index is 511. The molecule has 0 atom stereocenters. The monoisotopic (exact) mass is 302 g/mol. The lowest BCUT2D eigenvalue weighted by Crippen LogP contribution is -2.01. The summed E-state index contributed by atoms with van der Waals surface area (Å²) in [4.78, 5) is 12.0. The molecule has 2 rings (SSSR count). The topological polar surface area (TPSA) is 26.3 Å². The van der Waals surface area contributed by atoms with Crippen LogP contribution in [0.1, 0.15) is 16.6 Å². The Hall–Kier alpha value is -0.940. The molecule has 0 radical (unpaired) electrons. The van der Waals surface area contributed by atoms with Crippen molar-refractivity contribution in [3.63, 3.8) is 0 Å². The molecule has 1 aromatic carbocycles. The number of hydrogen-bond donors (Lipinski definition) is 0. The zero-order chi connectivity index (χ0) is 11.7. The number of hydrogen-bond acceptors (Lipinski definition) is 3. The van der Waals surface area contributed by atoms with Gasteiger partial charge in [-0.2, -0.15) is 0 Å². The van der Waals surface area contributed by atoms with Crippen LogP contribution in [0.25, 0.3) is 10.1 Å². The van der Waals surface area contributed by atoms with E-state index in [1.807, 2.05) is 0 Å². The Labute approximate surface area is 104 Å². The van der Waals surface area contributed by atoms with Gasteiger partial charge in [-0.05, 0) is 46.4 Å². The maximum atomic E-state index is 13.2. The van der Waals surface area contributed by atoms with E-state index in [1.165, 1.54) is 17.4 Å². The summed E-state index contributed by atoms with van der Waals surface area (Å²) in [6.07, 6.45) is 0. The van der Waals surface area contributed by atoms with Crippen LogP contribution in [0.2, 0.25) is 0 Å². The summed E-state index contributed by atoms with van der Waals surface area (Å²) in [5.74, 6) is -0.694. The summed E-state index contributed by atoms with van der Waals surface area (Å²) in [5, 5.41) is 0.716. The van der Waals surface area contributed by atoms with E-state index in [-0.39, 0.29) is 11.8 Å². The van der Waals surface area contributed by atoms with Gasteiger partial charge in [-0.3, -0.25) is 0 Å². The first-order valence-electron chi connectivity index (χ1n) is 4.67.